The highest BCUT2D eigenvalue weighted by Gasteiger charge is 2.20. The van der Waals surface area contributed by atoms with Crippen LogP contribution in [-0.4, -0.2) is 26.3 Å². The summed E-state index contributed by atoms with van der Waals surface area (Å²) >= 11 is 1.75. The van der Waals surface area contributed by atoms with Crippen LogP contribution in [0.25, 0.3) is 34.0 Å². The fraction of sp³-hybridized carbons (Fsp3) is 0.167. The van der Waals surface area contributed by atoms with Gasteiger partial charge in [-0.15, -0.1) is 11.8 Å². The number of halogens is 2. The zero-order valence-electron chi connectivity index (χ0n) is 19.0. The van der Waals surface area contributed by atoms with Gasteiger partial charge in [-0.2, -0.15) is 0 Å². The summed E-state index contributed by atoms with van der Waals surface area (Å²) in [5.74, 6) is -1.63. The number of nitrogens with zero attached hydrogens (tertiary/aromatic N) is 4. The van der Waals surface area contributed by atoms with E-state index in [1.165, 1.54) is 6.07 Å². The summed E-state index contributed by atoms with van der Waals surface area (Å²) in [4.78, 5) is 13.7. The van der Waals surface area contributed by atoms with Gasteiger partial charge in [0.1, 0.15) is 17.3 Å². The number of benzene rings is 2. The normalized spacial score (nSPS) is 11.1. The minimum absolute atomic E-state index is 0.0509. The number of nitrogen functional groups attached to an aromatic ring is 1. The Kier molecular flexibility index (Phi) is 6.97. The van der Waals surface area contributed by atoms with Gasteiger partial charge in [-0.1, -0.05) is 31.1 Å². The monoisotopic (exact) mass is 495 g/mol. The van der Waals surface area contributed by atoms with Gasteiger partial charge in [-0.05, 0) is 29.8 Å². The van der Waals surface area contributed by atoms with Crippen molar-refractivity contribution in [1.82, 2.24) is 15.1 Å². The third kappa shape index (κ3) is 5.57. The van der Waals surface area contributed by atoms with Gasteiger partial charge in [0.25, 0.3) is 0 Å². The van der Waals surface area contributed by atoms with Crippen LogP contribution in [-0.2, 0) is 6.54 Å². The Labute approximate surface area is 204 Å². The molecule has 0 unspecified atom stereocenters. The molecule has 6 N–H and O–H groups in total. The summed E-state index contributed by atoms with van der Waals surface area (Å²) in [6.45, 7) is 4.19. The van der Waals surface area contributed by atoms with Crippen LogP contribution in [0.3, 0.4) is 0 Å². The highest BCUT2D eigenvalue weighted by atomic mass is 32.2. The zero-order chi connectivity index (χ0) is 25.1. The number of aromatic nitrogens is 3. The van der Waals surface area contributed by atoms with Gasteiger partial charge in [0.15, 0.2) is 23.2 Å². The molecule has 4 rings (SSSR count). The summed E-state index contributed by atoms with van der Waals surface area (Å²) < 4.78 is 34.8. The van der Waals surface area contributed by atoms with Crippen LogP contribution in [0.4, 0.5) is 14.6 Å². The van der Waals surface area contributed by atoms with Crippen molar-refractivity contribution in [2.24, 2.45) is 16.5 Å². The Morgan fingerprint density at radius 1 is 1.06 bits per heavy atom. The molecule has 0 spiro atoms. The first-order valence-electron chi connectivity index (χ1n) is 10.6. The number of rotatable bonds is 7. The van der Waals surface area contributed by atoms with E-state index in [1.807, 2.05) is 24.3 Å². The van der Waals surface area contributed by atoms with Crippen LogP contribution in [0.1, 0.15) is 19.4 Å². The maximum atomic E-state index is 14.7. The molecule has 8 nitrogen and oxygen atoms in total. The molecule has 0 radical (unpaired) electrons. The third-order valence-corrected chi connectivity index (χ3v) is 5.88. The lowest BCUT2D eigenvalue weighted by atomic mass is 10.1. The molecule has 0 atom stereocenters. The van der Waals surface area contributed by atoms with Crippen LogP contribution < -0.4 is 17.2 Å². The number of anilines is 1. The molecule has 0 amide bonds. The standard InChI is InChI=1S/C24H23F2N7OS/c1-12(2)35-15-5-3-14(4-6-15)19-11-30-23(27)22(32-19)20-9-18(33-34-20)21-16(25)7-13(8-17(21)26)10-31-24(28)29/h3-9,11-12H,10H2,1-2H3,(H2,27,30)(H4,28,29,31). The second kappa shape index (κ2) is 10.1. The molecule has 0 aliphatic carbocycles. The van der Waals surface area contributed by atoms with Gasteiger partial charge < -0.3 is 21.7 Å². The third-order valence-electron chi connectivity index (χ3n) is 4.87. The Balaban J connectivity index is 1.64. The summed E-state index contributed by atoms with van der Waals surface area (Å²) in [7, 11) is 0. The number of hydrogen-bond acceptors (Lipinski definition) is 7. The Bertz CT molecular complexity index is 1360. The highest BCUT2D eigenvalue weighted by Crippen LogP contribution is 2.33. The van der Waals surface area contributed by atoms with Crippen LogP contribution in [0, 0.1) is 11.6 Å². The van der Waals surface area contributed by atoms with E-state index in [1.54, 1.807) is 18.0 Å². The maximum Gasteiger partial charge on any atom is 0.189 e. The SMILES string of the molecule is CC(C)Sc1ccc(-c2cnc(N)c(-c3cc(-c4c(F)cc(CN=C(N)N)cc4F)no3)n2)cc1. The fourth-order valence-corrected chi connectivity index (χ4v) is 4.18. The average molecular weight is 496 g/mol. The van der Waals surface area contributed by atoms with E-state index in [2.05, 4.69) is 34.0 Å². The zero-order valence-corrected chi connectivity index (χ0v) is 19.8. The first kappa shape index (κ1) is 24.1. The van der Waals surface area contributed by atoms with Crippen molar-refractivity contribution >= 4 is 23.5 Å². The molecule has 180 valence electrons. The number of guanidine groups is 1. The molecule has 11 heteroatoms. The Morgan fingerprint density at radius 3 is 2.37 bits per heavy atom. The first-order chi connectivity index (χ1) is 16.7. The first-order valence-corrected chi connectivity index (χ1v) is 11.5. The van der Waals surface area contributed by atoms with E-state index in [-0.39, 0.29) is 46.6 Å². The molecular formula is C24H23F2N7OS. The molecule has 0 saturated heterocycles. The van der Waals surface area contributed by atoms with Gasteiger partial charge in [-0.25, -0.2) is 23.7 Å². The molecular weight excluding hydrogens is 472 g/mol. The summed E-state index contributed by atoms with van der Waals surface area (Å²) in [5, 5.41) is 4.29. The lowest BCUT2D eigenvalue weighted by molar-refractivity contribution is 0.432. The van der Waals surface area contributed by atoms with Gasteiger partial charge in [-0.3, -0.25) is 0 Å². The largest absolute Gasteiger partial charge is 0.382 e. The van der Waals surface area contributed by atoms with Crippen molar-refractivity contribution in [3.63, 3.8) is 0 Å². The van der Waals surface area contributed by atoms with Crippen molar-refractivity contribution in [3.05, 3.63) is 65.9 Å². The molecule has 0 aliphatic heterocycles. The molecule has 2 aromatic heterocycles. The Morgan fingerprint density at radius 2 is 1.74 bits per heavy atom. The van der Waals surface area contributed by atoms with E-state index < -0.39 is 11.6 Å². The number of aliphatic imine (C=N–C) groups is 1. The van der Waals surface area contributed by atoms with Gasteiger partial charge in [0.2, 0.25) is 0 Å². The van der Waals surface area contributed by atoms with Crippen molar-refractivity contribution in [1.29, 1.82) is 0 Å². The fourth-order valence-electron chi connectivity index (χ4n) is 3.34. The van der Waals surface area contributed by atoms with Gasteiger partial charge >= 0.3 is 0 Å². The lowest BCUT2D eigenvalue weighted by Gasteiger charge is -2.07. The van der Waals surface area contributed by atoms with E-state index in [4.69, 9.17) is 21.7 Å². The molecule has 4 aromatic rings. The Hall–Kier alpha value is -3.99. The van der Waals surface area contributed by atoms with E-state index >= 15 is 0 Å². The lowest BCUT2D eigenvalue weighted by Crippen LogP contribution is -2.22. The average Bonchev–Trinajstić information content (AvgIpc) is 3.27. The van der Waals surface area contributed by atoms with Crippen LogP contribution in [0.15, 0.2) is 63.1 Å². The van der Waals surface area contributed by atoms with Crippen molar-refractivity contribution in [2.45, 2.75) is 30.5 Å². The van der Waals surface area contributed by atoms with Crippen molar-refractivity contribution < 1.29 is 13.3 Å². The predicted molar refractivity (Wildman–Crippen MR) is 133 cm³/mol. The maximum absolute atomic E-state index is 14.7. The second-order valence-electron chi connectivity index (χ2n) is 7.93. The van der Waals surface area contributed by atoms with Gasteiger partial charge in [0.05, 0.1) is 24.0 Å². The van der Waals surface area contributed by atoms with E-state index in [0.29, 0.717) is 10.9 Å². The molecule has 0 aliphatic rings. The van der Waals surface area contributed by atoms with Crippen LogP contribution in [0.2, 0.25) is 0 Å². The summed E-state index contributed by atoms with van der Waals surface area (Å²) in [6.07, 6.45) is 1.55. The number of hydrogen-bond donors (Lipinski definition) is 3. The molecule has 35 heavy (non-hydrogen) atoms. The quantitative estimate of drug-likeness (QED) is 0.192. The molecule has 0 saturated carbocycles. The molecule has 0 bridgehead atoms. The minimum atomic E-state index is -0.835. The topological polar surface area (TPSA) is 142 Å². The summed E-state index contributed by atoms with van der Waals surface area (Å²) in [5.41, 5.74) is 18.0. The molecule has 2 heterocycles. The van der Waals surface area contributed by atoms with Crippen molar-refractivity contribution in [2.75, 3.05) is 5.73 Å². The second-order valence-corrected chi connectivity index (χ2v) is 9.58. The minimum Gasteiger partial charge on any atom is -0.382 e. The smallest absolute Gasteiger partial charge is 0.189 e. The van der Waals surface area contributed by atoms with Gasteiger partial charge in [0, 0.05) is 21.8 Å². The molecule has 0 fully saturated rings. The number of nitrogens with two attached hydrogens (primary N) is 3. The van der Waals surface area contributed by atoms with E-state index in [9.17, 15) is 8.78 Å². The highest BCUT2D eigenvalue weighted by molar-refractivity contribution is 7.99. The van der Waals surface area contributed by atoms with E-state index in [0.717, 1.165) is 22.6 Å². The molecule has 2 aromatic carbocycles. The van der Waals surface area contributed by atoms with Crippen LogP contribution in [0.5, 0.6) is 0 Å². The predicted octanol–water partition coefficient (Wildman–Crippen LogP) is 4.60. The van der Waals surface area contributed by atoms with Crippen molar-refractivity contribution in [3.8, 4) is 34.0 Å². The summed E-state index contributed by atoms with van der Waals surface area (Å²) in [6, 6.07) is 11.5. The van der Waals surface area contributed by atoms with Crippen LogP contribution >= 0.6 is 11.8 Å². The number of thioether (sulfide) groups is 1.